The molecule has 1 aromatic carbocycles. The third-order valence-electron chi connectivity index (χ3n) is 3.82. The molecule has 184 valence electrons. The zero-order chi connectivity index (χ0) is 30.4. The van der Waals surface area contributed by atoms with Gasteiger partial charge in [0.15, 0.2) is 0 Å². The molecule has 0 fully saturated rings. The van der Waals surface area contributed by atoms with Crippen LogP contribution in [0.3, 0.4) is 0 Å². The first-order chi connectivity index (χ1) is 20.7. The van der Waals surface area contributed by atoms with E-state index in [-0.39, 0.29) is 0 Å². The van der Waals surface area contributed by atoms with Gasteiger partial charge in [-0.2, -0.15) is 0 Å². The molecule has 0 spiro atoms. The number of hydrogen-bond donors (Lipinski definition) is 1. The molecule has 0 aliphatic rings. The minimum Gasteiger partial charge on any atom is -0.345 e. The van der Waals surface area contributed by atoms with E-state index in [0.29, 0.717) is 5.92 Å². The van der Waals surface area contributed by atoms with E-state index >= 15 is 0 Å². The van der Waals surface area contributed by atoms with Gasteiger partial charge < -0.3 is 4.98 Å². The number of H-pyrrole nitrogens is 1. The van der Waals surface area contributed by atoms with Crippen LogP contribution in [0.1, 0.15) is 25.3 Å². The molecule has 2 nitrogen and oxygen atoms in total. The van der Waals surface area contributed by atoms with Gasteiger partial charge in [0, 0.05) is 71.0 Å². The van der Waals surface area contributed by atoms with Crippen LogP contribution in [0.2, 0.25) is 0 Å². The first kappa shape index (κ1) is 32.1. The van der Waals surface area contributed by atoms with Gasteiger partial charge in [-0.1, -0.05) is 19.9 Å². The maximum atomic E-state index is 4.92. The van der Waals surface area contributed by atoms with E-state index in [0.717, 1.165) is 11.0 Å². The highest BCUT2D eigenvalue weighted by Crippen LogP contribution is 2.18. The molecule has 1 N–H and O–H groups in total. The van der Waals surface area contributed by atoms with Crippen LogP contribution in [-0.2, 0) is 0 Å². The van der Waals surface area contributed by atoms with Crippen molar-refractivity contribution < 1.29 is 0 Å². The number of terminal acetylenes is 2. The van der Waals surface area contributed by atoms with Crippen LogP contribution in [0, 0.1) is 179 Å². The molecule has 0 radical (unpaired) electrons. The lowest BCUT2D eigenvalue weighted by Crippen LogP contribution is -1.85. The second-order valence-corrected chi connectivity index (χ2v) is 6.87. The van der Waals surface area contributed by atoms with Gasteiger partial charge in [-0.05, 0) is 118 Å². The second-order valence-electron chi connectivity index (χ2n) is 6.87. The summed E-state index contributed by atoms with van der Waals surface area (Å²) in [5.74, 6) is 68.7. The van der Waals surface area contributed by atoms with Crippen LogP contribution in [0.15, 0.2) is 24.5 Å². The van der Waals surface area contributed by atoms with Gasteiger partial charge in [0.05, 0.1) is 17.4 Å². The third-order valence-corrected chi connectivity index (χ3v) is 3.82. The van der Waals surface area contributed by atoms with Crippen LogP contribution in [0.25, 0.3) is 11.0 Å². The molecule has 1 aromatic heterocycles. The summed E-state index contributed by atoms with van der Waals surface area (Å²) in [6.07, 6.45) is 11.6. The Morgan fingerprint density at radius 3 is 1.10 bits per heavy atom. The number of nitrogens with zero attached hydrogens (tertiary/aromatic N) is 1. The highest BCUT2D eigenvalue weighted by molar-refractivity contribution is 5.75. The standard InChI is InChI=1S/C30H2.C10H12N2/c1-3-5-7-9-11-13-15-17-19-21-23-25-27-29-30-28-26-24-22-20-18-16-14-12-10-8-6-4-2;1-7(2)8-3-4-9-10(5-8)12-6-11-9/h1-2H;3-7H,1-2H3,(H,11,12). The zero-order valence-electron chi connectivity index (χ0n) is 22.5. The second kappa shape index (κ2) is 23.5. The molecule has 42 heavy (non-hydrogen) atoms. The van der Waals surface area contributed by atoms with E-state index < -0.39 is 0 Å². The fraction of sp³-hybridized carbons (Fsp3) is 0.0750. The fourth-order valence-corrected chi connectivity index (χ4v) is 2.13. The summed E-state index contributed by atoms with van der Waals surface area (Å²) in [6, 6.07) is 6.35. The Morgan fingerprint density at radius 2 is 0.810 bits per heavy atom. The van der Waals surface area contributed by atoms with Gasteiger partial charge >= 0.3 is 0 Å². The minimum absolute atomic E-state index is 0.581. The average molecular weight is 523 g/mol. The van der Waals surface area contributed by atoms with Gasteiger partial charge in [-0.15, -0.1) is 12.8 Å². The number of aromatic amines is 1. The van der Waals surface area contributed by atoms with E-state index in [1.165, 1.54) is 5.56 Å². The molecule has 0 amide bonds. The predicted molar refractivity (Wildman–Crippen MR) is 169 cm³/mol. The average Bonchev–Trinajstić information content (AvgIpc) is 3.47. The molecular formula is C40H14N2. The maximum Gasteiger partial charge on any atom is 0.0931 e. The van der Waals surface area contributed by atoms with Gasteiger partial charge in [0.1, 0.15) is 0 Å². The van der Waals surface area contributed by atoms with Crippen LogP contribution >= 0.6 is 0 Å². The summed E-state index contributed by atoms with van der Waals surface area (Å²) in [6.45, 7) is 4.38. The minimum atomic E-state index is 0.581. The molecular weight excluding hydrogens is 508 g/mol. The zero-order valence-corrected chi connectivity index (χ0v) is 22.5. The Balaban J connectivity index is 0.000000598. The Kier molecular flexibility index (Phi) is 18.0. The molecule has 0 unspecified atom stereocenters. The Labute approximate surface area is 249 Å². The van der Waals surface area contributed by atoms with E-state index in [2.05, 4.69) is 208 Å². The maximum absolute atomic E-state index is 4.92. The molecule has 0 aliphatic carbocycles. The molecule has 2 heteroatoms. The first-order valence-electron chi connectivity index (χ1n) is 11.5. The first-order valence-corrected chi connectivity index (χ1v) is 11.5. The van der Waals surface area contributed by atoms with Crippen molar-refractivity contribution >= 4 is 11.0 Å². The van der Waals surface area contributed by atoms with Crippen molar-refractivity contribution in [2.24, 2.45) is 0 Å². The van der Waals surface area contributed by atoms with Crippen molar-refractivity contribution in [2.75, 3.05) is 0 Å². The van der Waals surface area contributed by atoms with Crippen molar-refractivity contribution in [1.29, 1.82) is 0 Å². The Bertz CT molecular complexity index is 2130. The lowest BCUT2D eigenvalue weighted by Gasteiger charge is -2.03. The highest BCUT2D eigenvalue weighted by Gasteiger charge is 2.00. The lowest BCUT2D eigenvalue weighted by atomic mass is 10.0. The molecule has 0 aliphatic heterocycles. The Hall–Kier alpha value is -7.91. The van der Waals surface area contributed by atoms with Gasteiger partial charge in [0.2, 0.25) is 0 Å². The van der Waals surface area contributed by atoms with Crippen molar-refractivity contribution in [3.63, 3.8) is 0 Å². The number of hydrogen-bond acceptors (Lipinski definition) is 1. The lowest BCUT2D eigenvalue weighted by molar-refractivity contribution is 0.868. The van der Waals surface area contributed by atoms with Crippen molar-refractivity contribution in [3.05, 3.63) is 30.1 Å². The van der Waals surface area contributed by atoms with Crippen LogP contribution < -0.4 is 0 Å². The number of aromatic nitrogens is 2. The fourth-order valence-electron chi connectivity index (χ4n) is 2.13. The van der Waals surface area contributed by atoms with Gasteiger partial charge in [0.25, 0.3) is 0 Å². The summed E-state index contributed by atoms with van der Waals surface area (Å²) >= 11 is 0. The number of rotatable bonds is 1. The van der Waals surface area contributed by atoms with E-state index in [1.54, 1.807) is 6.33 Å². The smallest absolute Gasteiger partial charge is 0.0931 e. The van der Waals surface area contributed by atoms with Gasteiger partial charge in [-0.3, -0.25) is 0 Å². The number of nitrogens with one attached hydrogen (secondary N) is 1. The predicted octanol–water partition coefficient (Wildman–Crippen LogP) is 2.98. The third kappa shape index (κ3) is 17.5. The topological polar surface area (TPSA) is 28.7 Å². The molecule has 0 saturated carbocycles. The van der Waals surface area contributed by atoms with Crippen molar-refractivity contribution in [3.8, 4) is 179 Å². The summed E-state index contributed by atoms with van der Waals surface area (Å²) in [4.78, 5) is 7.27. The summed E-state index contributed by atoms with van der Waals surface area (Å²) in [5, 5.41) is 0. The van der Waals surface area contributed by atoms with E-state index in [9.17, 15) is 0 Å². The Morgan fingerprint density at radius 1 is 0.500 bits per heavy atom. The van der Waals surface area contributed by atoms with Gasteiger partial charge in [-0.25, -0.2) is 4.98 Å². The molecule has 0 atom stereocenters. The SMILES string of the molecule is C#CC#CC#CC#CC#CC#CC#CC#CC#CC#CC#CC#CC#CC#CC#C.CC(C)c1ccc2nc[nH]c2c1. The van der Waals surface area contributed by atoms with Crippen LogP contribution in [0.5, 0.6) is 0 Å². The monoisotopic (exact) mass is 522 g/mol. The number of imidazole rings is 1. The molecule has 2 aromatic rings. The van der Waals surface area contributed by atoms with Crippen molar-refractivity contribution in [1.82, 2.24) is 9.97 Å². The normalized spacial score (nSPS) is 5.93. The highest BCUT2D eigenvalue weighted by atomic mass is 14.9. The van der Waals surface area contributed by atoms with Crippen molar-refractivity contribution in [2.45, 2.75) is 19.8 Å². The summed E-state index contributed by atoms with van der Waals surface area (Å²) < 4.78 is 0. The molecule has 2 rings (SSSR count). The molecule has 0 bridgehead atoms. The summed E-state index contributed by atoms with van der Waals surface area (Å²) in [7, 11) is 0. The van der Waals surface area contributed by atoms with Crippen LogP contribution in [0.4, 0.5) is 0 Å². The van der Waals surface area contributed by atoms with E-state index in [1.807, 2.05) is 0 Å². The summed E-state index contributed by atoms with van der Waals surface area (Å²) in [5.41, 5.74) is 3.52. The number of fused-ring (bicyclic) bond motifs is 1. The van der Waals surface area contributed by atoms with E-state index in [4.69, 9.17) is 12.8 Å². The quantitative estimate of drug-likeness (QED) is 0.574. The largest absolute Gasteiger partial charge is 0.345 e. The number of benzene rings is 1. The van der Waals surface area contributed by atoms with Crippen LogP contribution in [-0.4, -0.2) is 9.97 Å². The molecule has 1 heterocycles. The molecule has 0 saturated heterocycles.